The van der Waals surface area contributed by atoms with Gasteiger partial charge >= 0.3 is 0 Å². The Balaban J connectivity index is 3.41. The largest absolute Gasteiger partial charge is 0.295 e. The first-order valence-electron chi connectivity index (χ1n) is 3.89. The van der Waals surface area contributed by atoms with E-state index in [0.717, 1.165) is 0 Å². The van der Waals surface area contributed by atoms with Gasteiger partial charge in [0.2, 0.25) is 0 Å². The lowest BCUT2D eigenvalue weighted by Gasteiger charge is -2.04. The molecule has 0 radical (unpaired) electrons. The summed E-state index contributed by atoms with van der Waals surface area (Å²) in [5, 5.41) is 10.5. The second kappa shape index (κ2) is 3.88. The van der Waals surface area contributed by atoms with Crippen LogP contribution in [0.15, 0.2) is 16.6 Å². The van der Waals surface area contributed by atoms with Crippen LogP contribution in [-0.2, 0) is 0 Å². The number of nitrogens with zero attached hydrogens (tertiary/aromatic N) is 1. The number of ketones is 1. The predicted molar refractivity (Wildman–Crippen MR) is 55.5 cm³/mol. The molecule has 0 heterocycles. The first-order valence-corrected chi connectivity index (χ1v) is 4.69. The Morgan fingerprint density at radius 2 is 2.07 bits per heavy atom. The highest BCUT2D eigenvalue weighted by Gasteiger charge is 2.17. The van der Waals surface area contributed by atoms with Gasteiger partial charge in [0.15, 0.2) is 5.78 Å². The molecule has 0 saturated carbocycles. The van der Waals surface area contributed by atoms with E-state index < -0.39 is 4.92 Å². The van der Waals surface area contributed by atoms with Crippen molar-refractivity contribution in [1.82, 2.24) is 0 Å². The van der Waals surface area contributed by atoms with Crippen LogP contribution in [0.2, 0.25) is 0 Å². The molecule has 74 valence electrons. The first-order chi connectivity index (χ1) is 6.45. The van der Waals surface area contributed by atoms with Gasteiger partial charge in [0, 0.05) is 11.6 Å². The van der Waals surface area contributed by atoms with Gasteiger partial charge in [-0.05, 0) is 41.4 Å². The monoisotopic (exact) mass is 257 g/mol. The van der Waals surface area contributed by atoms with Gasteiger partial charge in [-0.3, -0.25) is 14.9 Å². The van der Waals surface area contributed by atoms with Crippen molar-refractivity contribution in [3.8, 4) is 0 Å². The number of nitro benzene ring substituents is 1. The number of Topliss-reactive ketones (excluding diaryl/α,β-unsaturated/α-hetero) is 1. The molecule has 0 atom stereocenters. The third kappa shape index (κ3) is 1.82. The SMILES string of the molecule is CC(=O)c1ccc([N+](=O)[O-])c(Br)c1C. The number of nitro groups is 1. The molecule has 1 rings (SSSR count). The normalized spacial score (nSPS) is 9.93. The molecule has 5 heteroatoms. The Morgan fingerprint density at radius 3 is 2.50 bits per heavy atom. The maximum atomic E-state index is 11.1. The smallest absolute Gasteiger partial charge is 0.283 e. The highest BCUT2D eigenvalue weighted by atomic mass is 79.9. The number of carbonyl (C=O) groups excluding carboxylic acids is 1. The summed E-state index contributed by atoms with van der Waals surface area (Å²) in [7, 11) is 0. The maximum absolute atomic E-state index is 11.1. The Bertz CT molecular complexity index is 376. The number of carbonyl (C=O) groups is 1. The van der Waals surface area contributed by atoms with E-state index in [1.165, 1.54) is 19.1 Å². The zero-order valence-electron chi connectivity index (χ0n) is 7.70. The van der Waals surface area contributed by atoms with Gasteiger partial charge < -0.3 is 0 Å². The van der Waals surface area contributed by atoms with Crippen molar-refractivity contribution in [3.63, 3.8) is 0 Å². The molecule has 1 aromatic carbocycles. The molecule has 0 aliphatic rings. The van der Waals surface area contributed by atoms with Crippen LogP contribution in [0.5, 0.6) is 0 Å². The zero-order valence-corrected chi connectivity index (χ0v) is 9.29. The molecule has 0 unspecified atom stereocenters. The van der Waals surface area contributed by atoms with Gasteiger partial charge in [-0.25, -0.2) is 0 Å². The van der Waals surface area contributed by atoms with E-state index in [4.69, 9.17) is 0 Å². The van der Waals surface area contributed by atoms with Crippen LogP contribution in [0.1, 0.15) is 22.8 Å². The lowest BCUT2D eigenvalue weighted by molar-refractivity contribution is -0.385. The maximum Gasteiger partial charge on any atom is 0.283 e. The van der Waals surface area contributed by atoms with Gasteiger partial charge in [-0.15, -0.1) is 0 Å². The molecule has 0 bridgehead atoms. The topological polar surface area (TPSA) is 60.2 Å². The summed E-state index contributed by atoms with van der Waals surface area (Å²) in [5.41, 5.74) is 1.08. The Labute approximate surface area is 89.2 Å². The van der Waals surface area contributed by atoms with Crippen LogP contribution < -0.4 is 0 Å². The minimum Gasteiger partial charge on any atom is -0.295 e. The third-order valence-electron chi connectivity index (χ3n) is 1.94. The van der Waals surface area contributed by atoms with Crippen molar-refractivity contribution in [3.05, 3.63) is 37.8 Å². The summed E-state index contributed by atoms with van der Waals surface area (Å²) in [4.78, 5) is 21.2. The van der Waals surface area contributed by atoms with Crippen LogP contribution in [0.4, 0.5) is 5.69 Å². The Morgan fingerprint density at radius 1 is 1.50 bits per heavy atom. The van der Waals surface area contributed by atoms with Crippen molar-refractivity contribution in [2.75, 3.05) is 0 Å². The molecule has 0 spiro atoms. The van der Waals surface area contributed by atoms with Gasteiger partial charge in [-0.1, -0.05) is 0 Å². The number of rotatable bonds is 2. The van der Waals surface area contributed by atoms with Gasteiger partial charge in [0.1, 0.15) is 0 Å². The van der Waals surface area contributed by atoms with Crippen LogP contribution in [-0.4, -0.2) is 10.7 Å². The molecule has 0 amide bonds. The Hall–Kier alpha value is -1.23. The van der Waals surface area contributed by atoms with Crippen molar-refractivity contribution in [2.45, 2.75) is 13.8 Å². The third-order valence-corrected chi connectivity index (χ3v) is 2.94. The van der Waals surface area contributed by atoms with E-state index in [1.54, 1.807) is 6.92 Å². The second-order valence-electron chi connectivity index (χ2n) is 2.88. The summed E-state index contributed by atoms with van der Waals surface area (Å²) in [6.45, 7) is 3.11. The first kappa shape index (κ1) is 10.8. The van der Waals surface area contributed by atoms with E-state index in [9.17, 15) is 14.9 Å². The van der Waals surface area contributed by atoms with E-state index in [1.807, 2.05) is 0 Å². The predicted octanol–water partition coefficient (Wildman–Crippen LogP) is 2.87. The van der Waals surface area contributed by atoms with E-state index >= 15 is 0 Å². The van der Waals surface area contributed by atoms with E-state index in [2.05, 4.69) is 15.9 Å². The lowest BCUT2D eigenvalue weighted by Crippen LogP contribution is -1.99. The molecule has 0 aliphatic heterocycles. The molecule has 0 aromatic heterocycles. The number of hydrogen-bond donors (Lipinski definition) is 0. The van der Waals surface area contributed by atoms with Gasteiger partial charge in [0.25, 0.3) is 5.69 Å². The Kier molecular flexibility index (Phi) is 3.00. The molecule has 0 aliphatic carbocycles. The van der Waals surface area contributed by atoms with Crippen molar-refractivity contribution >= 4 is 27.4 Å². The van der Waals surface area contributed by atoms with Crippen molar-refractivity contribution in [1.29, 1.82) is 0 Å². The summed E-state index contributed by atoms with van der Waals surface area (Å²) < 4.78 is 0.371. The molecule has 0 N–H and O–H groups in total. The standard InChI is InChI=1S/C9H8BrNO3/c1-5-7(6(2)12)3-4-8(9(5)10)11(13)14/h3-4H,1-2H3. The highest BCUT2D eigenvalue weighted by molar-refractivity contribution is 9.10. The zero-order chi connectivity index (χ0) is 10.9. The van der Waals surface area contributed by atoms with Crippen molar-refractivity contribution < 1.29 is 9.72 Å². The fraction of sp³-hybridized carbons (Fsp3) is 0.222. The van der Waals surface area contributed by atoms with Crippen LogP contribution in [0.25, 0.3) is 0 Å². The van der Waals surface area contributed by atoms with E-state index in [0.29, 0.717) is 15.6 Å². The number of halogens is 1. The van der Waals surface area contributed by atoms with Gasteiger partial charge in [-0.2, -0.15) is 0 Å². The van der Waals surface area contributed by atoms with Crippen LogP contribution >= 0.6 is 15.9 Å². The lowest BCUT2D eigenvalue weighted by atomic mass is 10.1. The van der Waals surface area contributed by atoms with Gasteiger partial charge in [0.05, 0.1) is 9.40 Å². The molecule has 0 fully saturated rings. The summed E-state index contributed by atoms with van der Waals surface area (Å²) in [5.74, 6) is -0.0990. The molecule has 1 aromatic rings. The fourth-order valence-corrected chi connectivity index (χ4v) is 1.68. The molecule has 0 saturated heterocycles. The number of hydrogen-bond acceptors (Lipinski definition) is 3. The summed E-state index contributed by atoms with van der Waals surface area (Å²) >= 11 is 3.11. The number of benzene rings is 1. The molecule has 4 nitrogen and oxygen atoms in total. The molecular weight excluding hydrogens is 250 g/mol. The highest BCUT2D eigenvalue weighted by Crippen LogP contribution is 2.30. The van der Waals surface area contributed by atoms with Crippen LogP contribution in [0, 0.1) is 17.0 Å². The summed E-state index contributed by atoms with van der Waals surface area (Å²) in [6.07, 6.45) is 0. The molecular formula is C9H8BrNO3. The molecule has 14 heavy (non-hydrogen) atoms. The average molecular weight is 258 g/mol. The minimum absolute atomic E-state index is 0.0208. The average Bonchev–Trinajstić information content (AvgIpc) is 2.08. The second-order valence-corrected chi connectivity index (χ2v) is 3.68. The van der Waals surface area contributed by atoms with Crippen molar-refractivity contribution in [2.24, 2.45) is 0 Å². The van der Waals surface area contributed by atoms with E-state index in [-0.39, 0.29) is 11.5 Å². The quantitative estimate of drug-likeness (QED) is 0.465. The fourth-order valence-electron chi connectivity index (χ4n) is 1.19. The summed E-state index contributed by atoms with van der Waals surface area (Å²) in [6, 6.07) is 2.80. The minimum atomic E-state index is -0.485. The van der Waals surface area contributed by atoms with Crippen LogP contribution in [0.3, 0.4) is 0 Å².